The maximum absolute atomic E-state index is 11.8. The summed E-state index contributed by atoms with van der Waals surface area (Å²) in [7, 11) is 0. The van der Waals surface area contributed by atoms with Crippen molar-refractivity contribution in [2.75, 3.05) is 11.9 Å². The number of hydrogen-bond donors (Lipinski definition) is 1. The standard InChI is InChI=1S/C14H16N4O3/c1-2-6-15-13-8-11(5-7-16-13)9-17-10-12(18(20)21)3-4-14(17)19/h3-5,7-8,10H,2,6,9H2,1H3,(H,15,16). The number of pyridine rings is 2. The van der Waals surface area contributed by atoms with E-state index in [0.29, 0.717) is 0 Å². The van der Waals surface area contributed by atoms with Crippen LogP contribution in [0.4, 0.5) is 11.5 Å². The van der Waals surface area contributed by atoms with Gasteiger partial charge in [0.15, 0.2) is 0 Å². The van der Waals surface area contributed by atoms with Crippen LogP contribution < -0.4 is 10.9 Å². The van der Waals surface area contributed by atoms with Gasteiger partial charge in [0.1, 0.15) is 5.82 Å². The summed E-state index contributed by atoms with van der Waals surface area (Å²) in [5.74, 6) is 0.729. The van der Waals surface area contributed by atoms with Gasteiger partial charge in [0.05, 0.1) is 17.7 Å². The van der Waals surface area contributed by atoms with Gasteiger partial charge >= 0.3 is 0 Å². The molecule has 21 heavy (non-hydrogen) atoms. The van der Waals surface area contributed by atoms with E-state index in [2.05, 4.69) is 17.2 Å². The highest BCUT2D eigenvalue weighted by Crippen LogP contribution is 2.11. The Labute approximate surface area is 121 Å². The van der Waals surface area contributed by atoms with E-state index in [-0.39, 0.29) is 17.8 Å². The molecule has 0 bridgehead atoms. The lowest BCUT2D eigenvalue weighted by atomic mass is 10.2. The number of aromatic nitrogens is 2. The van der Waals surface area contributed by atoms with Crippen LogP contribution in [0.3, 0.4) is 0 Å². The molecule has 2 heterocycles. The second kappa shape index (κ2) is 6.65. The van der Waals surface area contributed by atoms with Crippen molar-refractivity contribution in [3.63, 3.8) is 0 Å². The Balaban J connectivity index is 2.23. The second-order valence-electron chi connectivity index (χ2n) is 4.59. The zero-order chi connectivity index (χ0) is 15.2. The van der Waals surface area contributed by atoms with Crippen molar-refractivity contribution in [3.05, 3.63) is 62.7 Å². The minimum Gasteiger partial charge on any atom is -0.370 e. The van der Waals surface area contributed by atoms with Crippen LogP contribution in [0.15, 0.2) is 41.5 Å². The first-order valence-corrected chi connectivity index (χ1v) is 6.64. The Morgan fingerprint density at radius 3 is 2.90 bits per heavy atom. The second-order valence-corrected chi connectivity index (χ2v) is 4.59. The molecule has 1 N–H and O–H groups in total. The van der Waals surface area contributed by atoms with Gasteiger partial charge < -0.3 is 9.88 Å². The van der Waals surface area contributed by atoms with Gasteiger partial charge in [-0.3, -0.25) is 14.9 Å². The van der Waals surface area contributed by atoms with E-state index in [1.165, 1.54) is 22.9 Å². The summed E-state index contributed by atoms with van der Waals surface area (Å²) in [4.78, 5) is 26.2. The van der Waals surface area contributed by atoms with Gasteiger partial charge in [-0.15, -0.1) is 0 Å². The smallest absolute Gasteiger partial charge is 0.285 e. The quantitative estimate of drug-likeness (QED) is 0.648. The molecule has 0 fully saturated rings. The molecule has 110 valence electrons. The normalized spacial score (nSPS) is 10.3. The highest BCUT2D eigenvalue weighted by atomic mass is 16.6. The predicted molar refractivity (Wildman–Crippen MR) is 79.5 cm³/mol. The van der Waals surface area contributed by atoms with Gasteiger partial charge in [-0.05, 0) is 24.1 Å². The fourth-order valence-electron chi connectivity index (χ4n) is 1.87. The molecule has 0 unspecified atom stereocenters. The first-order chi connectivity index (χ1) is 10.1. The van der Waals surface area contributed by atoms with E-state index in [0.717, 1.165) is 24.3 Å². The maximum atomic E-state index is 11.8. The van der Waals surface area contributed by atoms with Crippen molar-refractivity contribution in [3.8, 4) is 0 Å². The van der Waals surface area contributed by atoms with Crippen LogP contribution in [0.5, 0.6) is 0 Å². The van der Waals surface area contributed by atoms with Gasteiger partial charge in [-0.2, -0.15) is 0 Å². The van der Waals surface area contributed by atoms with Crippen molar-refractivity contribution in [1.82, 2.24) is 9.55 Å². The third kappa shape index (κ3) is 3.88. The number of nitrogens with zero attached hydrogens (tertiary/aromatic N) is 3. The fraction of sp³-hybridized carbons (Fsp3) is 0.286. The van der Waals surface area contributed by atoms with Crippen LogP contribution in [-0.4, -0.2) is 21.0 Å². The summed E-state index contributed by atoms with van der Waals surface area (Å²) in [5.41, 5.74) is 0.472. The average Bonchev–Trinajstić information content (AvgIpc) is 2.47. The topological polar surface area (TPSA) is 90.1 Å². The van der Waals surface area contributed by atoms with Crippen molar-refractivity contribution >= 4 is 11.5 Å². The molecule has 0 amide bonds. The Morgan fingerprint density at radius 2 is 2.19 bits per heavy atom. The summed E-state index contributed by atoms with van der Waals surface area (Å²) in [6.07, 6.45) is 3.88. The van der Waals surface area contributed by atoms with E-state index < -0.39 is 4.92 Å². The molecule has 0 saturated carbocycles. The monoisotopic (exact) mass is 288 g/mol. The summed E-state index contributed by atoms with van der Waals surface area (Å²) in [6.45, 7) is 3.14. The van der Waals surface area contributed by atoms with Crippen molar-refractivity contribution in [1.29, 1.82) is 0 Å². The van der Waals surface area contributed by atoms with Crippen molar-refractivity contribution < 1.29 is 4.92 Å². The zero-order valence-electron chi connectivity index (χ0n) is 11.7. The fourth-order valence-corrected chi connectivity index (χ4v) is 1.87. The molecule has 0 saturated heterocycles. The third-order valence-corrected chi connectivity index (χ3v) is 2.91. The maximum Gasteiger partial charge on any atom is 0.285 e. The lowest BCUT2D eigenvalue weighted by Gasteiger charge is -2.08. The van der Waals surface area contributed by atoms with Gasteiger partial charge in [0.25, 0.3) is 11.2 Å². The molecule has 2 aromatic rings. The summed E-state index contributed by atoms with van der Waals surface area (Å²) in [5, 5.41) is 13.9. The van der Waals surface area contributed by atoms with E-state index in [1.54, 1.807) is 12.3 Å². The largest absolute Gasteiger partial charge is 0.370 e. The summed E-state index contributed by atoms with van der Waals surface area (Å²) < 4.78 is 1.32. The minimum atomic E-state index is -0.517. The predicted octanol–water partition coefficient (Wildman–Crippen LogP) is 2.02. The highest BCUT2D eigenvalue weighted by molar-refractivity contribution is 5.37. The lowest BCUT2D eigenvalue weighted by molar-refractivity contribution is -0.385. The molecular formula is C14H16N4O3. The van der Waals surface area contributed by atoms with E-state index in [4.69, 9.17) is 0 Å². The number of nitro groups is 1. The highest BCUT2D eigenvalue weighted by Gasteiger charge is 2.08. The molecule has 2 aromatic heterocycles. The number of anilines is 1. The lowest BCUT2D eigenvalue weighted by Crippen LogP contribution is -2.19. The molecule has 0 radical (unpaired) electrons. The molecule has 2 rings (SSSR count). The Hall–Kier alpha value is -2.70. The number of hydrogen-bond acceptors (Lipinski definition) is 5. The van der Waals surface area contributed by atoms with Gasteiger partial charge in [-0.1, -0.05) is 6.92 Å². The van der Waals surface area contributed by atoms with E-state index >= 15 is 0 Å². The van der Waals surface area contributed by atoms with E-state index in [1.807, 2.05) is 6.07 Å². The van der Waals surface area contributed by atoms with Crippen LogP contribution in [0.1, 0.15) is 18.9 Å². The van der Waals surface area contributed by atoms with Crippen LogP contribution in [0.25, 0.3) is 0 Å². The molecular weight excluding hydrogens is 272 g/mol. The van der Waals surface area contributed by atoms with Gasteiger partial charge in [0, 0.05) is 24.9 Å². The molecule has 0 aliphatic carbocycles. The summed E-state index contributed by atoms with van der Waals surface area (Å²) >= 11 is 0. The first kappa shape index (κ1) is 14.7. The first-order valence-electron chi connectivity index (χ1n) is 6.64. The van der Waals surface area contributed by atoms with Crippen LogP contribution >= 0.6 is 0 Å². The van der Waals surface area contributed by atoms with Crippen LogP contribution in [0, 0.1) is 10.1 Å². The molecule has 7 heteroatoms. The summed E-state index contributed by atoms with van der Waals surface area (Å²) in [6, 6.07) is 6.03. The Kier molecular flexibility index (Phi) is 4.65. The third-order valence-electron chi connectivity index (χ3n) is 2.91. The van der Waals surface area contributed by atoms with Gasteiger partial charge in [0.2, 0.25) is 0 Å². The number of nitrogens with one attached hydrogen (secondary N) is 1. The minimum absolute atomic E-state index is 0.104. The Morgan fingerprint density at radius 1 is 1.38 bits per heavy atom. The van der Waals surface area contributed by atoms with Crippen molar-refractivity contribution in [2.24, 2.45) is 0 Å². The van der Waals surface area contributed by atoms with Crippen LogP contribution in [-0.2, 0) is 6.54 Å². The molecule has 0 atom stereocenters. The molecule has 0 spiro atoms. The van der Waals surface area contributed by atoms with Crippen molar-refractivity contribution in [2.45, 2.75) is 19.9 Å². The SMILES string of the molecule is CCCNc1cc(Cn2cc([N+](=O)[O-])ccc2=O)ccn1. The van der Waals surface area contributed by atoms with Crippen LogP contribution in [0.2, 0.25) is 0 Å². The number of rotatable bonds is 6. The molecule has 7 nitrogen and oxygen atoms in total. The van der Waals surface area contributed by atoms with Gasteiger partial charge in [-0.25, -0.2) is 4.98 Å². The molecule has 0 aliphatic heterocycles. The average molecular weight is 288 g/mol. The molecule has 0 aliphatic rings. The Bertz CT molecular complexity index is 697. The zero-order valence-corrected chi connectivity index (χ0v) is 11.7. The van der Waals surface area contributed by atoms with E-state index in [9.17, 15) is 14.9 Å². The molecule has 0 aromatic carbocycles.